The van der Waals surface area contributed by atoms with E-state index >= 15 is 0 Å². The van der Waals surface area contributed by atoms with Crippen LogP contribution >= 0.6 is 11.3 Å². The molecule has 221 valence electrons. The van der Waals surface area contributed by atoms with Crippen LogP contribution < -0.4 is 5.19 Å². The van der Waals surface area contributed by atoms with Gasteiger partial charge in [0, 0.05) is 41.3 Å². The Morgan fingerprint density at radius 2 is 1.57 bits per heavy atom. The molecular weight excluding hydrogens is 756 g/mol. The molecule has 44 heavy (non-hydrogen) atoms. The van der Waals surface area contributed by atoms with E-state index in [9.17, 15) is 4.39 Å². The van der Waals surface area contributed by atoms with Crippen LogP contribution in [-0.4, -0.2) is 18.0 Å². The van der Waals surface area contributed by atoms with Gasteiger partial charge in [-0.2, -0.15) is 11.3 Å². The van der Waals surface area contributed by atoms with Gasteiger partial charge >= 0.3 is 0 Å². The average molecular weight is 790 g/mol. The second kappa shape index (κ2) is 13.5. The molecule has 1 radical (unpaired) electrons. The molecule has 0 unspecified atom stereocenters. The van der Waals surface area contributed by atoms with E-state index in [4.69, 9.17) is 4.11 Å². The topological polar surface area (TPSA) is 25.8 Å². The molecule has 0 amide bonds. The van der Waals surface area contributed by atoms with Crippen LogP contribution in [0.3, 0.4) is 0 Å². The molecule has 4 aromatic carbocycles. The van der Waals surface area contributed by atoms with Gasteiger partial charge in [0.05, 0.1) is 8.07 Å². The molecule has 3 aromatic heterocycles. The number of aryl methyl sites for hydroxylation is 1. The predicted octanol–water partition coefficient (Wildman–Crippen LogP) is 10.1. The maximum Gasteiger partial charge on any atom is 0.124 e. The van der Waals surface area contributed by atoms with Gasteiger partial charge in [-0.05, 0) is 62.3 Å². The molecule has 0 aliphatic heterocycles. The van der Waals surface area contributed by atoms with Gasteiger partial charge in [0.25, 0.3) is 0 Å². The number of hydrogen-bond donors (Lipinski definition) is 0. The number of rotatable bonds is 4. The molecule has 0 fully saturated rings. The minimum absolute atomic E-state index is 0. The van der Waals surface area contributed by atoms with E-state index in [1.165, 1.54) is 34.9 Å². The van der Waals surface area contributed by atoms with Crippen molar-refractivity contribution in [2.45, 2.75) is 26.5 Å². The van der Waals surface area contributed by atoms with E-state index in [0.29, 0.717) is 11.3 Å². The zero-order chi connectivity index (χ0) is 32.5. The molecule has 0 atom stereocenters. The summed E-state index contributed by atoms with van der Waals surface area (Å²) < 4.78 is 39.3. The van der Waals surface area contributed by atoms with Crippen molar-refractivity contribution in [1.29, 1.82) is 0 Å². The molecule has 6 heteroatoms. The Balaban J connectivity index is 0.000000217. The number of aromatic nitrogens is 2. The Morgan fingerprint density at radius 3 is 2.27 bits per heavy atom. The van der Waals surface area contributed by atoms with Crippen LogP contribution in [-0.2, 0) is 20.1 Å². The van der Waals surface area contributed by atoms with Gasteiger partial charge in [0.1, 0.15) is 5.82 Å². The molecule has 2 nitrogen and oxygen atoms in total. The van der Waals surface area contributed by atoms with E-state index in [1.807, 2.05) is 79.0 Å². The summed E-state index contributed by atoms with van der Waals surface area (Å²) in [5.41, 5.74) is 5.13. The summed E-state index contributed by atoms with van der Waals surface area (Å²) in [5.74, 6) is -0.272. The maximum absolute atomic E-state index is 13.7. The van der Waals surface area contributed by atoms with E-state index in [0.717, 1.165) is 42.6 Å². The molecule has 0 bridgehead atoms. The average Bonchev–Trinajstić information content (AvgIpc) is 3.42. The first-order valence-corrected chi connectivity index (χ1v) is 18.3. The second-order valence-electron chi connectivity index (χ2n) is 11.3. The van der Waals surface area contributed by atoms with Crippen LogP contribution in [0.2, 0.25) is 19.6 Å². The number of halogens is 1. The Hall–Kier alpha value is -3.80. The number of nitrogens with zero attached hydrogens (tertiary/aromatic N) is 2. The Labute approximate surface area is 281 Å². The summed E-state index contributed by atoms with van der Waals surface area (Å²) in [6.45, 7) is 4.72. The van der Waals surface area contributed by atoms with Crippen molar-refractivity contribution in [1.82, 2.24) is 9.97 Å². The number of thiophene rings is 1. The molecule has 0 aliphatic carbocycles. The van der Waals surface area contributed by atoms with Crippen LogP contribution in [0.4, 0.5) is 4.39 Å². The number of pyridine rings is 2. The standard InChI is InChI=1S/C24H15FNS.C14H16NSi.Ir/c1-15-14-26-22(13-21(15)16-6-3-2-4-7-16)20-9-5-8-19-18-11-10-17(25)12-23(18)27-24(19)20;1-16(2,3)13-9-10-14(15-11-13)12-7-5-4-6-8-12;/h2-8,10-14H,1H3;4-7,9-11H,1-3H3;/q2*-1;/i1D3;;. The van der Waals surface area contributed by atoms with Crippen molar-refractivity contribution in [2.24, 2.45) is 0 Å². The van der Waals surface area contributed by atoms with Gasteiger partial charge in [-0.25, -0.2) is 4.39 Å². The number of fused-ring (bicyclic) bond motifs is 3. The molecule has 0 aliphatic rings. The molecule has 7 aromatic rings. The maximum atomic E-state index is 13.7. The van der Waals surface area contributed by atoms with Crippen molar-refractivity contribution in [3.63, 3.8) is 0 Å². The van der Waals surface area contributed by atoms with Gasteiger partial charge in [-0.3, -0.25) is 0 Å². The smallest absolute Gasteiger partial charge is 0.124 e. The van der Waals surface area contributed by atoms with Crippen molar-refractivity contribution in [3.05, 3.63) is 139 Å². The zero-order valence-corrected chi connectivity index (χ0v) is 28.7. The number of benzene rings is 4. The van der Waals surface area contributed by atoms with Crippen LogP contribution in [0, 0.1) is 24.8 Å². The molecule has 0 saturated heterocycles. The SMILES string of the molecule is C[Si](C)(C)c1ccc(-c2[c-]cccc2)nc1.[2H]C([2H])([2H])c1cnc(-c2[c-]ccc3c2sc2cc(F)ccc23)cc1-c1ccccc1.[Ir]. The quantitative estimate of drug-likeness (QED) is 0.131. The van der Waals surface area contributed by atoms with E-state index in [1.54, 1.807) is 6.07 Å². The summed E-state index contributed by atoms with van der Waals surface area (Å²) in [4.78, 5) is 9.00. The normalized spacial score (nSPS) is 12.4. The van der Waals surface area contributed by atoms with E-state index in [2.05, 4.69) is 53.9 Å². The molecule has 0 saturated carbocycles. The van der Waals surface area contributed by atoms with Crippen LogP contribution in [0.5, 0.6) is 0 Å². The fraction of sp³-hybridized carbons (Fsp3) is 0.105. The van der Waals surface area contributed by atoms with Crippen molar-refractivity contribution >= 4 is 44.8 Å². The largest absolute Gasteiger partial charge is 0.305 e. The second-order valence-corrected chi connectivity index (χ2v) is 17.4. The van der Waals surface area contributed by atoms with Crippen molar-refractivity contribution < 1.29 is 28.6 Å². The van der Waals surface area contributed by atoms with E-state index in [-0.39, 0.29) is 31.5 Å². The van der Waals surface area contributed by atoms with Gasteiger partial charge in [0.2, 0.25) is 0 Å². The summed E-state index contributed by atoms with van der Waals surface area (Å²) >= 11 is 1.49. The molecule has 7 rings (SSSR count). The monoisotopic (exact) mass is 790 g/mol. The third kappa shape index (κ3) is 6.79. The minimum atomic E-state index is -2.28. The summed E-state index contributed by atoms with van der Waals surface area (Å²) in [6, 6.07) is 38.5. The third-order valence-corrected chi connectivity index (χ3v) is 10.5. The molecular formula is C38H31FIrN2SSi-2. The Bertz CT molecular complexity index is 2130. The fourth-order valence-electron chi connectivity index (χ4n) is 4.90. The first kappa shape index (κ1) is 27.7. The summed E-state index contributed by atoms with van der Waals surface area (Å²) in [5, 5.41) is 3.38. The number of hydrogen-bond acceptors (Lipinski definition) is 3. The van der Waals surface area contributed by atoms with Crippen LogP contribution in [0.1, 0.15) is 9.68 Å². The van der Waals surface area contributed by atoms with E-state index < -0.39 is 14.9 Å². The van der Waals surface area contributed by atoms with Crippen LogP contribution in [0.15, 0.2) is 116 Å². The molecule has 0 spiro atoms. The minimum Gasteiger partial charge on any atom is -0.305 e. The predicted molar refractivity (Wildman–Crippen MR) is 183 cm³/mol. The Morgan fingerprint density at radius 1 is 0.773 bits per heavy atom. The van der Waals surface area contributed by atoms with Gasteiger partial charge < -0.3 is 9.97 Å². The van der Waals surface area contributed by atoms with Crippen molar-refractivity contribution in [3.8, 4) is 33.6 Å². The molecule has 0 N–H and O–H groups in total. The van der Waals surface area contributed by atoms with Crippen LogP contribution in [0.25, 0.3) is 53.8 Å². The summed E-state index contributed by atoms with van der Waals surface area (Å²) in [6.07, 6.45) is 3.45. The zero-order valence-electron chi connectivity index (χ0n) is 27.5. The Kier molecular flexibility index (Phi) is 8.48. The third-order valence-electron chi connectivity index (χ3n) is 7.25. The van der Waals surface area contributed by atoms with Crippen molar-refractivity contribution in [2.75, 3.05) is 0 Å². The van der Waals surface area contributed by atoms with Gasteiger partial charge in [-0.15, -0.1) is 59.7 Å². The first-order valence-electron chi connectivity index (χ1n) is 15.5. The molecule has 3 heterocycles. The van der Waals surface area contributed by atoms with Gasteiger partial charge in [0.15, 0.2) is 0 Å². The van der Waals surface area contributed by atoms with Gasteiger partial charge in [-0.1, -0.05) is 79.6 Å². The summed E-state index contributed by atoms with van der Waals surface area (Å²) in [7, 11) is -1.23. The first-order chi connectivity index (χ1) is 22.0. The fourth-order valence-corrected chi connectivity index (χ4v) is 7.17.